The van der Waals surface area contributed by atoms with E-state index in [-0.39, 0.29) is 5.69 Å². The minimum Gasteiger partial charge on any atom is -0.404 e. The number of aromatic nitrogens is 2. The number of para-hydroxylation sites is 2. The Kier molecular flexibility index (Phi) is 6.54. The van der Waals surface area contributed by atoms with Gasteiger partial charge in [-0.25, -0.2) is 14.8 Å². The highest BCUT2D eigenvalue weighted by atomic mass is 19.4. The lowest BCUT2D eigenvalue weighted by molar-refractivity contribution is -0.274. The molecule has 1 aromatic heterocycles. The van der Waals surface area contributed by atoms with E-state index in [2.05, 4.69) is 25.3 Å². The van der Waals surface area contributed by atoms with Crippen molar-refractivity contribution in [3.05, 3.63) is 42.7 Å². The number of carbonyl (C=O) groups is 2. The molecular weight excluding hydrogens is 405 g/mol. The average molecular weight is 424 g/mol. The van der Waals surface area contributed by atoms with Crippen molar-refractivity contribution in [2.75, 3.05) is 42.9 Å². The molecule has 0 saturated carbocycles. The summed E-state index contributed by atoms with van der Waals surface area (Å²) in [6.07, 6.45) is -1.61. The fraction of sp³-hybridized carbons (Fsp3) is 0.333. The summed E-state index contributed by atoms with van der Waals surface area (Å²) < 4.78 is 41.2. The van der Waals surface area contributed by atoms with Crippen molar-refractivity contribution in [3.63, 3.8) is 0 Å². The third-order valence-corrected chi connectivity index (χ3v) is 4.19. The number of nitrogens with one attached hydrogen (secondary N) is 2. The molecule has 160 valence electrons. The van der Waals surface area contributed by atoms with Crippen molar-refractivity contribution in [2.45, 2.75) is 6.36 Å². The number of carbonyl (C=O) groups excluding carboxylic acids is 2. The Labute approximate surface area is 169 Å². The zero-order valence-electron chi connectivity index (χ0n) is 15.7. The van der Waals surface area contributed by atoms with E-state index in [1.165, 1.54) is 23.1 Å². The summed E-state index contributed by atoms with van der Waals surface area (Å²) in [4.78, 5) is 36.1. The maximum Gasteiger partial charge on any atom is 0.573 e. The second kappa shape index (κ2) is 9.29. The number of benzene rings is 1. The van der Waals surface area contributed by atoms with Gasteiger partial charge in [0.05, 0.1) is 12.2 Å². The molecule has 1 aliphatic rings. The molecule has 9 nitrogen and oxygen atoms in total. The predicted molar refractivity (Wildman–Crippen MR) is 101 cm³/mol. The van der Waals surface area contributed by atoms with Crippen LogP contribution in [0.4, 0.5) is 29.6 Å². The topological polar surface area (TPSA) is 99.7 Å². The van der Waals surface area contributed by atoms with Crippen LogP contribution in [0.3, 0.4) is 0 Å². The molecule has 1 saturated heterocycles. The lowest BCUT2D eigenvalue weighted by Crippen LogP contribution is -2.53. The van der Waals surface area contributed by atoms with Gasteiger partial charge in [0, 0.05) is 38.6 Å². The first-order chi connectivity index (χ1) is 14.3. The van der Waals surface area contributed by atoms with Crippen LogP contribution < -0.4 is 20.3 Å². The van der Waals surface area contributed by atoms with Crippen LogP contribution in [0.1, 0.15) is 0 Å². The van der Waals surface area contributed by atoms with Crippen LogP contribution in [-0.4, -0.2) is 65.9 Å². The van der Waals surface area contributed by atoms with Crippen LogP contribution in [0.15, 0.2) is 42.7 Å². The maximum atomic E-state index is 12.4. The van der Waals surface area contributed by atoms with Crippen molar-refractivity contribution in [1.82, 2.24) is 20.2 Å². The molecule has 12 heteroatoms. The first-order valence-corrected chi connectivity index (χ1v) is 9.01. The molecule has 0 atom stereocenters. The Hall–Kier alpha value is -3.57. The highest BCUT2D eigenvalue weighted by Crippen LogP contribution is 2.29. The maximum absolute atomic E-state index is 12.4. The van der Waals surface area contributed by atoms with E-state index in [0.29, 0.717) is 32.1 Å². The summed E-state index contributed by atoms with van der Waals surface area (Å²) in [5.41, 5.74) is -0.148. The molecule has 2 heterocycles. The van der Waals surface area contributed by atoms with Crippen molar-refractivity contribution in [1.29, 1.82) is 0 Å². The van der Waals surface area contributed by atoms with Gasteiger partial charge in [0.2, 0.25) is 11.9 Å². The molecular formula is C18H19F3N6O3. The van der Waals surface area contributed by atoms with Crippen molar-refractivity contribution in [3.8, 4) is 5.75 Å². The van der Waals surface area contributed by atoms with Crippen molar-refractivity contribution in [2.24, 2.45) is 0 Å². The monoisotopic (exact) mass is 424 g/mol. The number of halogens is 3. The minimum atomic E-state index is -4.89. The Bertz CT molecular complexity index is 873. The number of anilines is 2. The normalized spacial score (nSPS) is 14.2. The van der Waals surface area contributed by atoms with E-state index in [1.807, 2.05) is 4.90 Å². The van der Waals surface area contributed by atoms with Gasteiger partial charge in [-0.1, -0.05) is 12.1 Å². The number of piperazine rings is 1. The van der Waals surface area contributed by atoms with Crippen LogP contribution in [0.2, 0.25) is 0 Å². The van der Waals surface area contributed by atoms with Gasteiger partial charge < -0.3 is 25.2 Å². The molecule has 0 spiro atoms. The smallest absolute Gasteiger partial charge is 0.404 e. The second-order valence-corrected chi connectivity index (χ2v) is 6.27. The Morgan fingerprint density at radius 1 is 1.03 bits per heavy atom. The minimum absolute atomic E-state index is 0.148. The largest absolute Gasteiger partial charge is 0.573 e. The molecule has 30 heavy (non-hydrogen) atoms. The fourth-order valence-corrected chi connectivity index (χ4v) is 2.81. The van der Waals surface area contributed by atoms with Gasteiger partial charge in [0.25, 0.3) is 0 Å². The van der Waals surface area contributed by atoms with Crippen LogP contribution >= 0.6 is 0 Å². The summed E-state index contributed by atoms with van der Waals surface area (Å²) >= 11 is 0. The van der Waals surface area contributed by atoms with Crippen LogP contribution in [-0.2, 0) is 4.79 Å². The van der Waals surface area contributed by atoms with E-state index in [4.69, 9.17) is 0 Å². The van der Waals surface area contributed by atoms with Gasteiger partial charge in [0.1, 0.15) is 0 Å². The molecule has 2 aromatic rings. The molecule has 1 fully saturated rings. The first-order valence-electron chi connectivity index (χ1n) is 9.01. The lowest BCUT2D eigenvalue weighted by Gasteiger charge is -2.34. The van der Waals surface area contributed by atoms with Gasteiger partial charge in [-0.05, 0) is 18.2 Å². The number of nitrogens with zero attached hydrogens (tertiary/aromatic N) is 4. The number of hydrogen-bond donors (Lipinski definition) is 2. The van der Waals surface area contributed by atoms with E-state index < -0.39 is 30.6 Å². The average Bonchev–Trinajstić information content (AvgIpc) is 2.73. The first kappa shape index (κ1) is 21.1. The number of amides is 3. The molecule has 3 amide bonds. The van der Waals surface area contributed by atoms with Crippen LogP contribution in [0.25, 0.3) is 0 Å². The third-order valence-electron chi connectivity index (χ3n) is 4.19. The number of ether oxygens (including phenoxy) is 1. The molecule has 1 aromatic carbocycles. The van der Waals surface area contributed by atoms with Crippen LogP contribution in [0.5, 0.6) is 5.75 Å². The third kappa shape index (κ3) is 5.96. The SMILES string of the molecule is O=C(CNC(=O)N1CCN(c2ncccn2)CC1)Nc1ccccc1OC(F)(F)F. The second-order valence-electron chi connectivity index (χ2n) is 6.27. The van der Waals surface area contributed by atoms with Crippen LogP contribution in [0, 0.1) is 0 Å². The Morgan fingerprint density at radius 3 is 2.37 bits per heavy atom. The molecule has 0 aliphatic carbocycles. The number of hydrogen-bond acceptors (Lipinski definition) is 6. The fourth-order valence-electron chi connectivity index (χ4n) is 2.81. The van der Waals surface area contributed by atoms with E-state index in [1.54, 1.807) is 18.5 Å². The highest BCUT2D eigenvalue weighted by Gasteiger charge is 2.32. The number of alkyl halides is 3. The van der Waals surface area contributed by atoms with E-state index in [9.17, 15) is 22.8 Å². The molecule has 0 bridgehead atoms. The van der Waals surface area contributed by atoms with E-state index in [0.717, 1.165) is 6.07 Å². The quantitative estimate of drug-likeness (QED) is 0.760. The van der Waals surface area contributed by atoms with E-state index >= 15 is 0 Å². The number of urea groups is 1. The zero-order valence-corrected chi connectivity index (χ0v) is 15.7. The van der Waals surface area contributed by atoms with Gasteiger partial charge in [-0.15, -0.1) is 13.2 Å². The van der Waals surface area contributed by atoms with Gasteiger partial charge in [0.15, 0.2) is 5.75 Å². The van der Waals surface area contributed by atoms with Gasteiger partial charge >= 0.3 is 12.4 Å². The number of rotatable bonds is 5. The Balaban J connectivity index is 1.46. The van der Waals surface area contributed by atoms with Gasteiger partial charge in [-0.3, -0.25) is 4.79 Å². The van der Waals surface area contributed by atoms with Crippen molar-refractivity contribution < 1.29 is 27.5 Å². The summed E-state index contributed by atoms with van der Waals surface area (Å²) in [5.74, 6) is -0.640. The Morgan fingerprint density at radius 2 is 1.70 bits per heavy atom. The summed E-state index contributed by atoms with van der Waals surface area (Å²) in [6.45, 7) is 1.49. The standard InChI is InChI=1S/C18H19F3N6O3/c19-18(20,21)30-14-5-2-1-4-13(14)25-15(28)12-24-17(29)27-10-8-26(9-11-27)16-22-6-3-7-23-16/h1-7H,8-12H2,(H,24,29)(H,25,28). The summed E-state index contributed by atoms with van der Waals surface area (Å²) in [6, 6.07) is 6.42. The van der Waals surface area contributed by atoms with Crippen molar-refractivity contribution >= 4 is 23.6 Å². The molecule has 2 N–H and O–H groups in total. The van der Waals surface area contributed by atoms with Gasteiger partial charge in [-0.2, -0.15) is 0 Å². The molecule has 0 unspecified atom stereocenters. The summed E-state index contributed by atoms with van der Waals surface area (Å²) in [7, 11) is 0. The molecule has 1 aliphatic heterocycles. The molecule has 3 rings (SSSR count). The highest BCUT2D eigenvalue weighted by molar-refractivity contribution is 5.95. The zero-order chi connectivity index (χ0) is 21.6. The molecule has 0 radical (unpaired) electrons. The predicted octanol–water partition coefficient (Wildman–Crippen LogP) is 1.85. The summed E-state index contributed by atoms with van der Waals surface area (Å²) in [5, 5.41) is 4.75. The lowest BCUT2D eigenvalue weighted by atomic mass is 10.3.